The van der Waals surface area contributed by atoms with Gasteiger partial charge in [0.2, 0.25) is 0 Å². The summed E-state index contributed by atoms with van der Waals surface area (Å²) in [5.41, 5.74) is 6.97. The SMILES string of the molecule is Nc1cc(CC(=O)O)ccc1OC1CC1. The largest absolute Gasteiger partial charge is 0.488 e. The van der Waals surface area contributed by atoms with Gasteiger partial charge in [-0.05, 0) is 30.5 Å². The lowest BCUT2D eigenvalue weighted by molar-refractivity contribution is -0.136. The Hall–Kier alpha value is -1.71. The van der Waals surface area contributed by atoms with E-state index in [1.807, 2.05) is 0 Å². The van der Waals surface area contributed by atoms with E-state index in [4.69, 9.17) is 15.6 Å². The summed E-state index contributed by atoms with van der Waals surface area (Å²) in [5.74, 6) is -0.197. The van der Waals surface area contributed by atoms with Crippen molar-refractivity contribution >= 4 is 11.7 Å². The van der Waals surface area contributed by atoms with Crippen molar-refractivity contribution in [2.24, 2.45) is 0 Å². The molecule has 0 aromatic heterocycles. The molecule has 0 radical (unpaired) electrons. The van der Waals surface area contributed by atoms with Gasteiger partial charge >= 0.3 is 5.97 Å². The molecule has 1 aromatic carbocycles. The number of hydrogen-bond acceptors (Lipinski definition) is 3. The Balaban J connectivity index is 2.10. The number of carbonyl (C=O) groups is 1. The molecule has 0 amide bonds. The Bertz CT molecular complexity index is 385. The second kappa shape index (κ2) is 3.81. The first-order chi connectivity index (χ1) is 7.15. The zero-order valence-corrected chi connectivity index (χ0v) is 8.27. The lowest BCUT2D eigenvalue weighted by Gasteiger charge is -2.08. The van der Waals surface area contributed by atoms with E-state index in [-0.39, 0.29) is 6.42 Å². The second-order valence-corrected chi connectivity index (χ2v) is 3.76. The fourth-order valence-electron chi connectivity index (χ4n) is 1.36. The third-order valence-electron chi connectivity index (χ3n) is 2.25. The van der Waals surface area contributed by atoms with Crippen molar-refractivity contribution in [2.75, 3.05) is 5.73 Å². The third kappa shape index (κ3) is 2.62. The van der Waals surface area contributed by atoms with Crippen LogP contribution in [0.4, 0.5) is 5.69 Å². The number of carboxylic acids is 1. The van der Waals surface area contributed by atoms with Crippen LogP contribution < -0.4 is 10.5 Å². The van der Waals surface area contributed by atoms with E-state index >= 15 is 0 Å². The van der Waals surface area contributed by atoms with E-state index in [0.29, 0.717) is 23.1 Å². The van der Waals surface area contributed by atoms with Gasteiger partial charge in [-0.3, -0.25) is 4.79 Å². The summed E-state index contributed by atoms with van der Waals surface area (Å²) in [5, 5.41) is 8.61. The predicted molar refractivity (Wildman–Crippen MR) is 55.8 cm³/mol. The molecular weight excluding hydrogens is 194 g/mol. The minimum absolute atomic E-state index is 0.00604. The topological polar surface area (TPSA) is 72.6 Å². The monoisotopic (exact) mass is 207 g/mol. The molecule has 1 fully saturated rings. The molecule has 15 heavy (non-hydrogen) atoms. The number of anilines is 1. The minimum atomic E-state index is -0.856. The van der Waals surface area contributed by atoms with Gasteiger partial charge in [-0.25, -0.2) is 0 Å². The number of carboxylic acid groups (broad SMARTS) is 1. The number of ether oxygens (including phenoxy) is 1. The molecule has 0 saturated heterocycles. The van der Waals surface area contributed by atoms with Gasteiger partial charge in [0.1, 0.15) is 5.75 Å². The van der Waals surface area contributed by atoms with Crippen molar-refractivity contribution in [1.82, 2.24) is 0 Å². The third-order valence-corrected chi connectivity index (χ3v) is 2.25. The first kappa shape index (κ1) is 9.83. The molecule has 4 heteroatoms. The molecule has 4 nitrogen and oxygen atoms in total. The van der Waals surface area contributed by atoms with Crippen molar-refractivity contribution in [2.45, 2.75) is 25.4 Å². The van der Waals surface area contributed by atoms with Gasteiger partial charge in [0.25, 0.3) is 0 Å². The van der Waals surface area contributed by atoms with Crippen LogP contribution in [0.15, 0.2) is 18.2 Å². The molecule has 0 bridgehead atoms. The molecule has 0 unspecified atom stereocenters. The van der Waals surface area contributed by atoms with Crippen molar-refractivity contribution in [3.05, 3.63) is 23.8 Å². The van der Waals surface area contributed by atoms with Crippen LogP contribution in [0.25, 0.3) is 0 Å². The summed E-state index contributed by atoms with van der Waals surface area (Å²) < 4.78 is 5.54. The van der Waals surface area contributed by atoms with Crippen molar-refractivity contribution in [3.8, 4) is 5.75 Å². The van der Waals surface area contributed by atoms with Gasteiger partial charge in [0.15, 0.2) is 0 Å². The summed E-state index contributed by atoms with van der Waals surface area (Å²) in [4.78, 5) is 10.5. The van der Waals surface area contributed by atoms with Gasteiger partial charge in [-0.1, -0.05) is 6.07 Å². The highest BCUT2D eigenvalue weighted by Gasteiger charge is 2.24. The molecule has 0 aliphatic heterocycles. The van der Waals surface area contributed by atoms with E-state index in [1.165, 1.54) is 0 Å². The molecule has 80 valence electrons. The lowest BCUT2D eigenvalue weighted by atomic mass is 10.1. The Morgan fingerprint density at radius 2 is 2.27 bits per heavy atom. The van der Waals surface area contributed by atoms with Gasteiger partial charge in [0, 0.05) is 0 Å². The van der Waals surface area contributed by atoms with Gasteiger partial charge in [-0.15, -0.1) is 0 Å². The average Bonchev–Trinajstić information content (AvgIpc) is 2.92. The van der Waals surface area contributed by atoms with E-state index in [1.54, 1.807) is 18.2 Å². The normalized spacial score (nSPS) is 14.9. The number of nitrogens with two attached hydrogens (primary N) is 1. The van der Waals surface area contributed by atoms with E-state index in [2.05, 4.69) is 0 Å². The molecule has 0 spiro atoms. The first-order valence-electron chi connectivity index (χ1n) is 4.92. The molecule has 1 aliphatic rings. The van der Waals surface area contributed by atoms with Crippen molar-refractivity contribution < 1.29 is 14.6 Å². The van der Waals surface area contributed by atoms with Crippen LogP contribution in [0.2, 0.25) is 0 Å². The summed E-state index contributed by atoms with van der Waals surface area (Å²) in [6.45, 7) is 0. The zero-order chi connectivity index (χ0) is 10.8. The minimum Gasteiger partial charge on any atom is -0.488 e. The van der Waals surface area contributed by atoms with Crippen molar-refractivity contribution in [3.63, 3.8) is 0 Å². The second-order valence-electron chi connectivity index (χ2n) is 3.76. The highest BCUT2D eigenvalue weighted by atomic mass is 16.5. The predicted octanol–water partition coefficient (Wildman–Crippen LogP) is 1.44. The Morgan fingerprint density at radius 1 is 1.53 bits per heavy atom. The zero-order valence-electron chi connectivity index (χ0n) is 8.27. The number of rotatable bonds is 4. The average molecular weight is 207 g/mol. The molecule has 1 saturated carbocycles. The van der Waals surface area contributed by atoms with Gasteiger partial charge in [0.05, 0.1) is 18.2 Å². The van der Waals surface area contributed by atoms with Crippen LogP contribution >= 0.6 is 0 Å². The number of nitrogen functional groups attached to an aromatic ring is 1. The molecule has 0 heterocycles. The Kier molecular flexibility index (Phi) is 2.49. The maximum absolute atomic E-state index is 10.5. The maximum Gasteiger partial charge on any atom is 0.307 e. The smallest absolute Gasteiger partial charge is 0.307 e. The number of benzene rings is 1. The summed E-state index contributed by atoms with van der Waals surface area (Å²) >= 11 is 0. The maximum atomic E-state index is 10.5. The summed E-state index contributed by atoms with van der Waals surface area (Å²) in [6.07, 6.45) is 2.46. The van der Waals surface area contributed by atoms with Crippen LogP contribution in [0.1, 0.15) is 18.4 Å². The molecule has 2 rings (SSSR count). The number of aliphatic carboxylic acids is 1. The molecular formula is C11H13NO3. The fraction of sp³-hybridized carbons (Fsp3) is 0.364. The summed E-state index contributed by atoms with van der Waals surface area (Å²) in [6, 6.07) is 5.14. The summed E-state index contributed by atoms with van der Waals surface area (Å²) in [7, 11) is 0. The van der Waals surface area contributed by atoms with Crippen molar-refractivity contribution in [1.29, 1.82) is 0 Å². The molecule has 3 N–H and O–H groups in total. The molecule has 1 aromatic rings. The van der Waals surface area contributed by atoms with Crippen LogP contribution in [0.5, 0.6) is 5.75 Å². The van der Waals surface area contributed by atoms with Crippen LogP contribution in [-0.2, 0) is 11.2 Å². The quantitative estimate of drug-likeness (QED) is 0.733. The van der Waals surface area contributed by atoms with Crippen LogP contribution in [-0.4, -0.2) is 17.2 Å². The highest BCUT2D eigenvalue weighted by Crippen LogP contribution is 2.31. The van der Waals surface area contributed by atoms with E-state index in [0.717, 1.165) is 12.8 Å². The van der Waals surface area contributed by atoms with Gasteiger partial charge < -0.3 is 15.6 Å². The first-order valence-corrected chi connectivity index (χ1v) is 4.92. The number of hydrogen-bond donors (Lipinski definition) is 2. The van der Waals surface area contributed by atoms with Crippen LogP contribution in [0, 0.1) is 0 Å². The van der Waals surface area contributed by atoms with Gasteiger partial charge in [-0.2, -0.15) is 0 Å². The Morgan fingerprint density at radius 3 is 2.80 bits per heavy atom. The highest BCUT2D eigenvalue weighted by molar-refractivity contribution is 5.71. The fourth-order valence-corrected chi connectivity index (χ4v) is 1.36. The Labute approximate surface area is 87.7 Å². The van der Waals surface area contributed by atoms with Crippen LogP contribution in [0.3, 0.4) is 0 Å². The standard InChI is InChI=1S/C11H13NO3/c12-9-5-7(6-11(13)14)1-4-10(9)15-8-2-3-8/h1,4-5,8H,2-3,6,12H2,(H,13,14). The molecule has 1 aliphatic carbocycles. The van der Waals surface area contributed by atoms with E-state index < -0.39 is 5.97 Å². The molecule has 0 atom stereocenters. The lowest BCUT2D eigenvalue weighted by Crippen LogP contribution is -2.03. The van der Waals surface area contributed by atoms with E-state index in [9.17, 15) is 4.79 Å².